The Morgan fingerprint density at radius 2 is 2.16 bits per heavy atom. The normalized spacial score (nSPS) is 21.4. The van der Waals surface area contributed by atoms with Crippen molar-refractivity contribution in [2.75, 3.05) is 13.6 Å². The summed E-state index contributed by atoms with van der Waals surface area (Å²) in [6.45, 7) is 2.44. The lowest BCUT2D eigenvalue weighted by atomic mass is 9.86. The van der Waals surface area contributed by atoms with E-state index in [0.29, 0.717) is 13.0 Å². The highest BCUT2D eigenvalue weighted by atomic mass is 16.6. The van der Waals surface area contributed by atoms with E-state index in [9.17, 15) is 20.0 Å². The SMILES string of the molecule is CC[C@H](NC(=O)N(C)C[C@H]1CCCC[C@H]1O)c1cccc([N+](=O)[O-])c1. The number of urea groups is 1. The van der Waals surface area contributed by atoms with Gasteiger partial charge in [-0.2, -0.15) is 0 Å². The van der Waals surface area contributed by atoms with Gasteiger partial charge in [-0.15, -0.1) is 0 Å². The summed E-state index contributed by atoms with van der Waals surface area (Å²) in [5.74, 6) is 0.113. The predicted octanol–water partition coefficient (Wildman–Crippen LogP) is 3.24. The third kappa shape index (κ3) is 5.16. The molecule has 0 unspecified atom stereocenters. The molecule has 7 heteroatoms. The number of nitro groups is 1. The van der Waals surface area contributed by atoms with Gasteiger partial charge in [0.05, 0.1) is 17.1 Å². The third-order valence-electron chi connectivity index (χ3n) is 4.91. The van der Waals surface area contributed by atoms with E-state index >= 15 is 0 Å². The summed E-state index contributed by atoms with van der Waals surface area (Å²) in [5, 5.41) is 23.9. The number of rotatable bonds is 6. The van der Waals surface area contributed by atoms with E-state index in [4.69, 9.17) is 0 Å². The summed E-state index contributed by atoms with van der Waals surface area (Å²) < 4.78 is 0. The molecule has 25 heavy (non-hydrogen) atoms. The largest absolute Gasteiger partial charge is 0.393 e. The molecule has 0 aliphatic heterocycles. The number of amides is 2. The fourth-order valence-corrected chi connectivity index (χ4v) is 3.37. The Labute approximate surface area is 148 Å². The first-order valence-corrected chi connectivity index (χ1v) is 8.86. The number of benzene rings is 1. The molecule has 138 valence electrons. The highest BCUT2D eigenvalue weighted by Gasteiger charge is 2.26. The minimum absolute atomic E-state index is 0.0175. The predicted molar refractivity (Wildman–Crippen MR) is 95.3 cm³/mol. The van der Waals surface area contributed by atoms with Crippen LogP contribution in [0.15, 0.2) is 24.3 Å². The number of carbonyl (C=O) groups is 1. The Morgan fingerprint density at radius 3 is 2.80 bits per heavy atom. The topological polar surface area (TPSA) is 95.7 Å². The van der Waals surface area contributed by atoms with Crippen molar-refractivity contribution in [3.8, 4) is 0 Å². The maximum Gasteiger partial charge on any atom is 0.317 e. The standard InChI is InChI=1S/C18H27N3O4/c1-3-16(13-8-6-9-15(11-13)21(24)25)19-18(23)20(2)12-14-7-4-5-10-17(14)22/h6,8-9,11,14,16-17,22H,3-5,7,10,12H2,1-2H3,(H,19,23)/t14-,16+,17-/m1/s1. The highest BCUT2D eigenvalue weighted by molar-refractivity contribution is 5.74. The van der Waals surface area contributed by atoms with Gasteiger partial charge in [0.25, 0.3) is 5.69 Å². The average Bonchev–Trinajstić information content (AvgIpc) is 2.61. The lowest BCUT2D eigenvalue weighted by Crippen LogP contribution is -2.44. The summed E-state index contributed by atoms with van der Waals surface area (Å²) in [5.41, 5.74) is 0.736. The molecule has 1 aromatic carbocycles. The minimum atomic E-state index is -0.436. The highest BCUT2D eigenvalue weighted by Crippen LogP contribution is 2.25. The molecule has 3 atom stereocenters. The molecule has 0 spiro atoms. The molecule has 1 saturated carbocycles. The number of nitro benzene ring substituents is 1. The molecule has 0 heterocycles. The molecule has 1 aromatic rings. The van der Waals surface area contributed by atoms with E-state index in [1.807, 2.05) is 6.92 Å². The van der Waals surface area contributed by atoms with Gasteiger partial charge in [0.1, 0.15) is 0 Å². The second kappa shape index (κ2) is 8.80. The van der Waals surface area contributed by atoms with Crippen LogP contribution >= 0.6 is 0 Å². The first-order valence-electron chi connectivity index (χ1n) is 8.86. The van der Waals surface area contributed by atoms with Crippen LogP contribution in [0, 0.1) is 16.0 Å². The Balaban J connectivity index is 1.99. The van der Waals surface area contributed by atoms with Crippen molar-refractivity contribution >= 4 is 11.7 Å². The Kier molecular flexibility index (Phi) is 6.75. The van der Waals surface area contributed by atoms with Crippen LogP contribution in [0.3, 0.4) is 0 Å². The molecule has 0 saturated heterocycles. The number of carbonyl (C=O) groups excluding carboxylic acids is 1. The van der Waals surface area contributed by atoms with Gasteiger partial charge in [0, 0.05) is 31.6 Å². The van der Waals surface area contributed by atoms with Gasteiger partial charge < -0.3 is 15.3 Å². The lowest BCUT2D eigenvalue weighted by molar-refractivity contribution is -0.384. The molecule has 1 aliphatic carbocycles. The van der Waals surface area contributed by atoms with Crippen molar-refractivity contribution in [2.24, 2.45) is 5.92 Å². The number of aliphatic hydroxyl groups is 1. The lowest BCUT2D eigenvalue weighted by Gasteiger charge is -2.32. The van der Waals surface area contributed by atoms with Gasteiger partial charge in [-0.25, -0.2) is 4.79 Å². The van der Waals surface area contributed by atoms with Crippen LogP contribution in [0.4, 0.5) is 10.5 Å². The second-order valence-electron chi connectivity index (χ2n) is 6.75. The van der Waals surface area contributed by atoms with Crippen molar-refractivity contribution in [3.05, 3.63) is 39.9 Å². The van der Waals surface area contributed by atoms with E-state index in [1.165, 1.54) is 12.1 Å². The molecule has 1 aliphatic rings. The zero-order valence-corrected chi connectivity index (χ0v) is 14.9. The van der Waals surface area contributed by atoms with Gasteiger partial charge in [-0.1, -0.05) is 31.9 Å². The summed E-state index contributed by atoms with van der Waals surface area (Å²) in [6, 6.07) is 5.84. The van der Waals surface area contributed by atoms with Gasteiger partial charge >= 0.3 is 6.03 Å². The van der Waals surface area contributed by atoms with Crippen LogP contribution in [0.5, 0.6) is 0 Å². The monoisotopic (exact) mass is 349 g/mol. The molecule has 2 N–H and O–H groups in total. The van der Waals surface area contributed by atoms with E-state index in [1.54, 1.807) is 24.1 Å². The first-order chi connectivity index (χ1) is 11.9. The summed E-state index contributed by atoms with van der Waals surface area (Å²) in [6.07, 6.45) is 4.14. The van der Waals surface area contributed by atoms with Crippen molar-refractivity contribution in [1.82, 2.24) is 10.2 Å². The molecular weight excluding hydrogens is 322 g/mol. The van der Waals surface area contributed by atoms with Gasteiger partial charge in [0.15, 0.2) is 0 Å². The fraction of sp³-hybridized carbons (Fsp3) is 0.611. The molecule has 2 amide bonds. The molecule has 7 nitrogen and oxygen atoms in total. The molecule has 0 radical (unpaired) electrons. The summed E-state index contributed by atoms with van der Waals surface area (Å²) in [7, 11) is 1.72. The maximum absolute atomic E-state index is 12.5. The summed E-state index contributed by atoms with van der Waals surface area (Å²) in [4.78, 5) is 24.6. The Morgan fingerprint density at radius 1 is 1.44 bits per heavy atom. The number of hydrogen-bond acceptors (Lipinski definition) is 4. The van der Waals surface area contributed by atoms with Crippen LogP contribution in [-0.4, -0.2) is 40.7 Å². The smallest absolute Gasteiger partial charge is 0.317 e. The zero-order valence-electron chi connectivity index (χ0n) is 14.9. The average molecular weight is 349 g/mol. The number of aliphatic hydroxyl groups excluding tert-OH is 1. The molecule has 0 bridgehead atoms. The van der Waals surface area contributed by atoms with E-state index in [-0.39, 0.29) is 29.8 Å². The van der Waals surface area contributed by atoms with Crippen molar-refractivity contribution < 1.29 is 14.8 Å². The molecule has 0 aromatic heterocycles. The van der Waals surface area contributed by atoms with Crippen LogP contribution in [0.2, 0.25) is 0 Å². The van der Waals surface area contributed by atoms with Crippen LogP contribution in [0.1, 0.15) is 50.6 Å². The van der Waals surface area contributed by atoms with Crippen molar-refractivity contribution in [2.45, 2.75) is 51.2 Å². The van der Waals surface area contributed by atoms with E-state index in [2.05, 4.69) is 5.32 Å². The Bertz CT molecular complexity index is 608. The zero-order chi connectivity index (χ0) is 18.4. The van der Waals surface area contributed by atoms with Gasteiger partial charge in [-0.3, -0.25) is 10.1 Å². The number of non-ortho nitro benzene ring substituents is 1. The number of nitrogens with one attached hydrogen (secondary N) is 1. The number of hydrogen-bond donors (Lipinski definition) is 2. The van der Waals surface area contributed by atoms with Gasteiger partial charge in [-0.05, 0) is 24.8 Å². The van der Waals surface area contributed by atoms with Crippen LogP contribution in [-0.2, 0) is 0 Å². The first kappa shape index (κ1) is 19.2. The fourth-order valence-electron chi connectivity index (χ4n) is 3.37. The van der Waals surface area contributed by atoms with Crippen LogP contribution in [0.25, 0.3) is 0 Å². The second-order valence-corrected chi connectivity index (χ2v) is 6.75. The molecule has 2 rings (SSSR count). The summed E-state index contributed by atoms with van der Waals surface area (Å²) >= 11 is 0. The Hall–Kier alpha value is -2.15. The number of nitrogens with zero attached hydrogens (tertiary/aromatic N) is 2. The quantitative estimate of drug-likeness (QED) is 0.609. The maximum atomic E-state index is 12.5. The van der Waals surface area contributed by atoms with Crippen molar-refractivity contribution in [3.63, 3.8) is 0 Å². The van der Waals surface area contributed by atoms with Crippen LogP contribution < -0.4 is 5.32 Å². The molecule has 1 fully saturated rings. The van der Waals surface area contributed by atoms with E-state index < -0.39 is 4.92 Å². The third-order valence-corrected chi connectivity index (χ3v) is 4.91. The van der Waals surface area contributed by atoms with Gasteiger partial charge in [0.2, 0.25) is 0 Å². The molecular formula is C18H27N3O4. The minimum Gasteiger partial charge on any atom is -0.393 e. The van der Waals surface area contributed by atoms with Crippen molar-refractivity contribution in [1.29, 1.82) is 0 Å². The van der Waals surface area contributed by atoms with E-state index in [0.717, 1.165) is 31.2 Å².